The second-order valence-electron chi connectivity index (χ2n) is 4.86. The van der Waals surface area contributed by atoms with E-state index < -0.39 is 0 Å². The fourth-order valence-corrected chi connectivity index (χ4v) is 2.59. The number of hydrogen-bond donors (Lipinski definition) is 2. The highest BCUT2D eigenvalue weighted by molar-refractivity contribution is 5.65. The molecule has 0 bridgehead atoms. The van der Waals surface area contributed by atoms with Gasteiger partial charge in [0.1, 0.15) is 5.82 Å². The van der Waals surface area contributed by atoms with Crippen LogP contribution in [-0.4, -0.2) is 27.5 Å². The molecule has 5 nitrogen and oxygen atoms in total. The van der Waals surface area contributed by atoms with Crippen LogP contribution in [0.25, 0.3) is 5.65 Å². The van der Waals surface area contributed by atoms with Crippen molar-refractivity contribution in [1.29, 1.82) is 0 Å². The zero-order chi connectivity index (χ0) is 12.4. The summed E-state index contributed by atoms with van der Waals surface area (Å²) >= 11 is 0. The summed E-state index contributed by atoms with van der Waals surface area (Å²) in [4.78, 5) is 8.95. The molecule has 1 aliphatic rings. The van der Waals surface area contributed by atoms with E-state index in [1.165, 1.54) is 32.1 Å². The van der Waals surface area contributed by atoms with E-state index in [2.05, 4.69) is 20.6 Å². The van der Waals surface area contributed by atoms with E-state index in [9.17, 15) is 0 Å². The van der Waals surface area contributed by atoms with Crippen molar-refractivity contribution in [1.82, 2.24) is 14.4 Å². The normalized spacial score (nSPS) is 16.9. The Morgan fingerprint density at radius 1 is 1.28 bits per heavy atom. The number of imidazole rings is 1. The minimum Gasteiger partial charge on any atom is -0.372 e. The fourth-order valence-electron chi connectivity index (χ4n) is 2.59. The van der Waals surface area contributed by atoms with Gasteiger partial charge in [-0.25, -0.2) is 9.97 Å². The first-order valence-corrected chi connectivity index (χ1v) is 6.65. The molecule has 0 saturated heterocycles. The fraction of sp³-hybridized carbons (Fsp3) is 0.538. The molecule has 0 amide bonds. The van der Waals surface area contributed by atoms with Gasteiger partial charge in [-0.2, -0.15) is 0 Å². The van der Waals surface area contributed by atoms with E-state index in [1.54, 1.807) is 0 Å². The SMILES string of the molecule is CNc1cn2ccnc2c(NC2CCCCC2)n1. The molecule has 5 heteroatoms. The molecule has 0 spiro atoms. The third-order valence-corrected chi connectivity index (χ3v) is 3.58. The second kappa shape index (κ2) is 4.84. The van der Waals surface area contributed by atoms with E-state index in [0.717, 1.165) is 17.3 Å². The van der Waals surface area contributed by atoms with E-state index >= 15 is 0 Å². The smallest absolute Gasteiger partial charge is 0.180 e. The lowest BCUT2D eigenvalue weighted by atomic mass is 9.95. The molecule has 96 valence electrons. The summed E-state index contributed by atoms with van der Waals surface area (Å²) in [6, 6.07) is 0.541. The molecular formula is C13H19N5. The Labute approximate surface area is 107 Å². The van der Waals surface area contributed by atoms with Crippen LogP contribution in [-0.2, 0) is 0 Å². The van der Waals surface area contributed by atoms with Crippen LogP contribution in [0, 0.1) is 0 Å². The van der Waals surface area contributed by atoms with Crippen LogP contribution in [0.4, 0.5) is 11.6 Å². The van der Waals surface area contributed by atoms with Gasteiger partial charge in [-0.3, -0.25) is 0 Å². The highest BCUT2D eigenvalue weighted by atomic mass is 15.1. The van der Waals surface area contributed by atoms with Crippen molar-refractivity contribution in [3.8, 4) is 0 Å². The zero-order valence-corrected chi connectivity index (χ0v) is 10.7. The van der Waals surface area contributed by atoms with E-state index in [0.29, 0.717) is 6.04 Å². The van der Waals surface area contributed by atoms with Crippen molar-refractivity contribution < 1.29 is 0 Å². The summed E-state index contributed by atoms with van der Waals surface area (Å²) in [5, 5.41) is 6.64. The molecule has 2 aromatic heterocycles. The standard InChI is InChI=1S/C13H19N5/c1-14-11-9-18-8-7-15-13(18)12(17-11)16-10-5-3-2-4-6-10/h7-10,14H,2-6H2,1H3,(H,16,17). The minimum atomic E-state index is 0.541. The van der Waals surface area contributed by atoms with Gasteiger partial charge in [0.15, 0.2) is 11.5 Å². The van der Waals surface area contributed by atoms with E-state index in [4.69, 9.17) is 0 Å². The lowest BCUT2D eigenvalue weighted by molar-refractivity contribution is 0.462. The van der Waals surface area contributed by atoms with Crippen LogP contribution in [0.1, 0.15) is 32.1 Å². The van der Waals surface area contributed by atoms with Gasteiger partial charge in [0.25, 0.3) is 0 Å². The average molecular weight is 245 g/mol. The number of aromatic nitrogens is 3. The van der Waals surface area contributed by atoms with Crippen LogP contribution in [0.15, 0.2) is 18.6 Å². The van der Waals surface area contributed by atoms with Crippen LogP contribution >= 0.6 is 0 Å². The molecular weight excluding hydrogens is 226 g/mol. The van der Waals surface area contributed by atoms with Gasteiger partial charge < -0.3 is 15.0 Å². The maximum absolute atomic E-state index is 4.58. The number of hydrogen-bond acceptors (Lipinski definition) is 4. The lowest BCUT2D eigenvalue weighted by Gasteiger charge is -2.23. The molecule has 0 radical (unpaired) electrons. The van der Waals surface area contributed by atoms with Crippen LogP contribution < -0.4 is 10.6 Å². The third-order valence-electron chi connectivity index (χ3n) is 3.58. The first kappa shape index (κ1) is 11.3. The summed E-state index contributed by atoms with van der Waals surface area (Å²) in [7, 11) is 1.88. The summed E-state index contributed by atoms with van der Waals surface area (Å²) in [5.74, 6) is 1.75. The largest absolute Gasteiger partial charge is 0.372 e. The van der Waals surface area contributed by atoms with Gasteiger partial charge in [0, 0.05) is 25.5 Å². The Morgan fingerprint density at radius 3 is 2.89 bits per heavy atom. The maximum Gasteiger partial charge on any atom is 0.180 e. The van der Waals surface area contributed by atoms with Crippen molar-refractivity contribution in [3.05, 3.63) is 18.6 Å². The number of nitrogens with zero attached hydrogens (tertiary/aromatic N) is 3. The maximum atomic E-state index is 4.58. The summed E-state index contributed by atoms with van der Waals surface area (Å²) in [6.45, 7) is 0. The van der Waals surface area contributed by atoms with Gasteiger partial charge in [-0.05, 0) is 12.8 Å². The Morgan fingerprint density at radius 2 is 2.11 bits per heavy atom. The number of anilines is 2. The highest BCUT2D eigenvalue weighted by Crippen LogP contribution is 2.23. The summed E-state index contributed by atoms with van der Waals surface area (Å²) < 4.78 is 2.00. The molecule has 1 saturated carbocycles. The zero-order valence-electron chi connectivity index (χ0n) is 10.7. The molecule has 2 aromatic rings. The Kier molecular flexibility index (Phi) is 3.04. The van der Waals surface area contributed by atoms with Crippen LogP contribution in [0.2, 0.25) is 0 Å². The van der Waals surface area contributed by atoms with Crippen molar-refractivity contribution in [2.75, 3.05) is 17.7 Å². The Balaban J connectivity index is 1.91. The second-order valence-corrected chi connectivity index (χ2v) is 4.86. The van der Waals surface area contributed by atoms with Crippen LogP contribution in [0.5, 0.6) is 0 Å². The number of fused-ring (bicyclic) bond motifs is 1. The summed E-state index contributed by atoms with van der Waals surface area (Å²) in [6.07, 6.45) is 12.2. The van der Waals surface area contributed by atoms with Gasteiger partial charge >= 0.3 is 0 Å². The minimum absolute atomic E-state index is 0.541. The van der Waals surface area contributed by atoms with Crippen molar-refractivity contribution >= 4 is 17.3 Å². The molecule has 1 aliphatic carbocycles. The molecule has 2 heterocycles. The molecule has 0 unspecified atom stereocenters. The van der Waals surface area contributed by atoms with Crippen molar-refractivity contribution in [2.24, 2.45) is 0 Å². The first-order chi connectivity index (χ1) is 8.86. The predicted octanol–water partition coefficient (Wildman–Crippen LogP) is 2.52. The predicted molar refractivity (Wildman–Crippen MR) is 73.0 cm³/mol. The van der Waals surface area contributed by atoms with Crippen molar-refractivity contribution in [2.45, 2.75) is 38.1 Å². The monoisotopic (exact) mass is 245 g/mol. The Bertz CT molecular complexity index is 527. The van der Waals surface area contributed by atoms with Crippen molar-refractivity contribution in [3.63, 3.8) is 0 Å². The molecule has 0 atom stereocenters. The van der Waals surface area contributed by atoms with E-state index in [-0.39, 0.29) is 0 Å². The lowest BCUT2D eigenvalue weighted by Crippen LogP contribution is -2.23. The molecule has 2 N–H and O–H groups in total. The molecule has 1 fully saturated rings. The summed E-state index contributed by atoms with van der Waals surface area (Å²) in [5.41, 5.74) is 0.902. The average Bonchev–Trinajstić information content (AvgIpc) is 2.88. The van der Waals surface area contributed by atoms with E-state index in [1.807, 2.05) is 30.0 Å². The Hall–Kier alpha value is -1.78. The highest BCUT2D eigenvalue weighted by Gasteiger charge is 2.16. The van der Waals surface area contributed by atoms with Crippen LogP contribution in [0.3, 0.4) is 0 Å². The molecule has 3 rings (SSSR count). The van der Waals surface area contributed by atoms with Gasteiger partial charge in [0.2, 0.25) is 0 Å². The third kappa shape index (κ3) is 2.12. The topological polar surface area (TPSA) is 54.2 Å². The number of nitrogens with one attached hydrogen (secondary N) is 2. The molecule has 18 heavy (non-hydrogen) atoms. The molecule has 0 aromatic carbocycles. The number of rotatable bonds is 3. The van der Waals surface area contributed by atoms with Gasteiger partial charge in [-0.1, -0.05) is 19.3 Å². The quantitative estimate of drug-likeness (QED) is 0.872. The van der Waals surface area contributed by atoms with Gasteiger partial charge in [-0.15, -0.1) is 0 Å². The molecule has 0 aliphatic heterocycles. The first-order valence-electron chi connectivity index (χ1n) is 6.65. The van der Waals surface area contributed by atoms with Gasteiger partial charge in [0.05, 0.1) is 6.20 Å².